The molecule has 1 N–H and O–H groups in total. The number of pyridine rings is 1. The van der Waals surface area contributed by atoms with Crippen LogP contribution in [0.4, 0.5) is 5.69 Å². The molecule has 0 spiro atoms. The summed E-state index contributed by atoms with van der Waals surface area (Å²) in [6, 6.07) is 11.3. The Labute approximate surface area is 139 Å². The zero-order valence-corrected chi connectivity index (χ0v) is 14.1. The minimum Gasteiger partial charge on any atom is -0.324 e. The fourth-order valence-electron chi connectivity index (χ4n) is 1.97. The second-order valence-electron chi connectivity index (χ2n) is 4.12. The second-order valence-corrected chi connectivity index (χ2v) is 5.03. The number of hydrogen-bond donors (Lipinski definition) is 1. The molecular weight excluding hydrogens is 501 g/mol. The summed E-state index contributed by atoms with van der Waals surface area (Å²) in [5.74, 6) is -0.116. The molecule has 6 heteroatoms. The summed E-state index contributed by atoms with van der Waals surface area (Å²) in [5.41, 5.74) is 3.13. The number of nitrogens with one attached hydrogen (secondary N) is 1. The Morgan fingerprint density at radius 2 is 2.05 bits per heavy atom. The molecule has 20 heavy (non-hydrogen) atoms. The number of amides is 1. The van der Waals surface area contributed by atoms with Crippen LogP contribution in [0.15, 0.2) is 52.1 Å². The maximum absolute atomic E-state index is 11.7. The summed E-state index contributed by atoms with van der Waals surface area (Å²) in [5, 5.41) is 2.85. The van der Waals surface area contributed by atoms with Crippen molar-refractivity contribution in [3.05, 3.63) is 58.3 Å². The van der Waals surface area contributed by atoms with Crippen LogP contribution >= 0.6 is 15.9 Å². The van der Waals surface area contributed by atoms with Gasteiger partial charge in [-0.15, -0.1) is 0 Å². The number of carbonyl (C=O) groups is 1. The molecular formula is C14H10BrN3OPt+2. The van der Waals surface area contributed by atoms with Crippen molar-refractivity contribution in [2.75, 3.05) is 11.9 Å². The summed E-state index contributed by atoms with van der Waals surface area (Å²) in [6.07, 6.45) is 1.72. The van der Waals surface area contributed by atoms with E-state index in [9.17, 15) is 4.79 Å². The van der Waals surface area contributed by atoms with Crippen molar-refractivity contribution in [1.29, 1.82) is 0 Å². The molecule has 2 heterocycles. The Bertz CT molecular complexity index is 673. The molecule has 4 nitrogen and oxygen atoms in total. The molecule has 1 aliphatic heterocycles. The van der Waals surface area contributed by atoms with Crippen molar-refractivity contribution in [3.63, 3.8) is 0 Å². The number of rotatable bonds is 1. The van der Waals surface area contributed by atoms with Crippen LogP contribution in [0, 0.1) is 0 Å². The van der Waals surface area contributed by atoms with Crippen molar-refractivity contribution in [2.45, 2.75) is 0 Å². The molecule has 0 fully saturated rings. The molecule has 0 bridgehead atoms. The zero-order chi connectivity index (χ0) is 13.2. The van der Waals surface area contributed by atoms with Gasteiger partial charge in [-0.3, -0.25) is 14.8 Å². The maximum atomic E-state index is 11.7. The first-order valence-electron chi connectivity index (χ1n) is 5.80. The van der Waals surface area contributed by atoms with Gasteiger partial charge in [0.1, 0.15) is 6.54 Å². The quantitative estimate of drug-likeness (QED) is 0.641. The van der Waals surface area contributed by atoms with Crippen LogP contribution < -0.4 is 5.32 Å². The third kappa shape index (κ3) is 3.05. The Hall–Kier alpha value is -1.32. The number of benzene rings is 1. The molecule has 2 aromatic rings. The van der Waals surface area contributed by atoms with E-state index in [1.807, 2.05) is 36.4 Å². The maximum Gasteiger partial charge on any atom is 2.00 e. The van der Waals surface area contributed by atoms with Crippen molar-refractivity contribution >= 4 is 33.2 Å². The van der Waals surface area contributed by atoms with E-state index in [0.29, 0.717) is 0 Å². The molecule has 1 aromatic heterocycles. The van der Waals surface area contributed by atoms with Gasteiger partial charge in [0.25, 0.3) is 0 Å². The predicted octanol–water partition coefficient (Wildman–Crippen LogP) is 2.63. The van der Waals surface area contributed by atoms with Gasteiger partial charge in [-0.25, -0.2) is 0 Å². The largest absolute Gasteiger partial charge is 2.00 e. The first-order valence-corrected chi connectivity index (χ1v) is 6.59. The topological polar surface area (TPSA) is 54.4 Å². The van der Waals surface area contributed by atoms with Crippen molar-refractivity contribution in [1.82, 2.24) is 4.98 Å². The normalized spacial score (nSPS) is 13.4. The summed E-state index contributed by atoms with van der Waals surface area (Å²) >= 11 is 3.44. The average molecular weight is 511 g/mol. The molecule has 3 rings (SSSR count). The van der Waals surface area contributed by atoms with E-state index in [1.54, 1.807) is 6.20 Å². The van der Waals surface area contributed by atoms with E-state index in [0.717, 1.165) is 27.1 Å². The minimum absolute atomic E-state index is 0. The third-order valence-corrected chi connectivity index (χ3v) is 3.29. The first-order chi connectivity index (χ1) is 9.24. The Morgan fingerprint density at radius 1 is 1.20 bits per heavy atom. The van der Waals surface area contributed by atoms with Crippen molar-refractivity contribution in [3.8, 4) is 0 Å². The van der Waals surface area contributed by atoms with E-state index in [-0.39, 0.29) is 33.5 Å². The summed E-state index contributed by atoms with van der Waals surface area (Å²) < 4.78 is 0.936. The smallest absolute Gasteiger partial charge is 0.324 e. The minimum atomic E-state index is -0.116. The molecule has 1 amide bonds. The molecule has 0 radical (unpaired) electrons. The van der Waals surface area contributed by atoms with Crippen LogP contribution in [0.1, 0.15) is 11.3 Å². The molecule has 0 aliphatic carbocycles. The molecule has 0 unspecified atom stereocenters. The zero-order valence-electron chi connectivity index (χ0n) is 10.2. The fraction of sp³-hybridized carbons (Fsp3) is 0.0714. The monoisotopic (exact) mass is 510 g/mol. The average Bonchev–Trinajstić information content (AvgIpc) is 2.58. The number of anilines is 1. The molecule has 0 saturated heterocycles. The molecule has 1 aromatic carbocycles. The number of aromatic nitrogens is 1. The number of hydrogen-bond acceptors (Lipinski definition) is 3. The molecule has 102 valence electrons. The van der Waals surface area contributed by atoms with Crippen LogP contribution in [-0.2, 0) is 25.9 Å². The molecule has 0 atom stereocenters. The number of fused-ring (bicyclic) bond motifs is 1. The van der Waals surface area contributed by atoms with E-state index in [4.69, 9.17) is 0 Å². The summed E-state index contributed by atoms with van der Waals surface area (Å²) in [7, 11) is 0. The Kier molecular flexibility index (Phi) is 4.84. The van der Waals surface area contributed by atoms with E-state index in [1.165, 1.54) is 0 Å². The van der Waals surface area contributed by atoms with Gasteiger partial charge in [-0.2, -0.15) is 0 Å². The van der Waals surface area contributed by atoms with Gasteiger partial charge in [0, 0.05) is 16.2 Å². The van der Waals surface area contributed by atoms with Crippen LogP contribution in [0.2, 0.25) is 0 Å². The summed E-state index contributed by atoms with van der Waals surface area (Å²) in [6.45, 7) is 0.109. The number of nitrogens with zero attached hydrogens (tertiary/aromatic N) is 2. The van der Waals surface area contributed by atoms with Crippen LogP contribution in [0.25, 0.3) is 0 Å². The second kappa shape index (κ2) is 6.42. The van der Waals surface area contributed by atoms with Crippen molar-refractivity contribution < 1.29 is 25.9 Å². The van der Waals surface area contributed by atoms with Crippen LogP contribution in [0.5, 0.6) is 0 Å². The SMILES string of the molecule is O=C1CN=C(c2ccccn2)c2cc(Br)ccc2N1.[Pt+2]. The number of carbonyl (C=O) groups excluding carboxylic acids is 1. The standard InChI is InChI=1S/C14H10BrN3O.Pt/c15-9-4-5-11-10(7-9)14(17-8-13(19)18-11)12-3-1-2-6-16-12;/h1-7H,8H2,(H,18,19);/q;+2. The van der Waals surface area contributed by atoms with Crippen LogP contribution in [-0.4, -0.2) is 23.1 Å². The van der Waals surface area contributed by atoms with Gasteiger partial charge < -0.3 is 5.32 Å². The van der Waals surface area contributed by atoms with Gasteiger partial charge in [-0.05, 0) is 30.3 Å². The van der Waals surface area contributed by atoms with Gasteiger partial charge in [0.15, 0.2) is 0 Å². The summed E-state index contributed by atoms with van der Waals surface area (Å²) in [4.78, 5) is 20.3. The molecule has 0 saturated carbocycles. The van der Waals surface area contributed by atoms with Gasteiger partial charge >= 0.3 is 21.1 Å². The van der Waals surface area contributed by atoms with E-state index in [2.05, 4.69) is 31.2 Å². The molecule has 1 aliphatic rings. The van der Waals surface area contributed by atoms with Crippen molar-refractivity contribution in [2.24, 2.45) is 4.99 Å². The number of aliphatic imine (C=N–C) groups is 1. The third-order valence-electron chi connectivity index (χ3n) is 2.80. The Morgan fingerprint density at radius 3 is 2.80 bits per heavy atom. The predicted molar refractivity (Wildman–Crippen MR) is 77.5 cm³/mol. The number of benzodiazepines with no additional fused rings is 1. The number of halogens is 1. The Balaban J connectivity index is 0.00000147. The fourth-order valence-corrected chi connectivity index (χ4v) is 2.33. The first kappa shape index (κ1) is 15.1. The van der Waals surface area contributed by atoms with E-state index >= 15 is 0 Å². The van der Waals surface area contributed by atoms with Gasteiger partial charge in [0.05, 0.1) is 17.1 Å². The van der Waals surface area contributed by atoms with Gasteiger partial charge in [-0.1, -0.05) is 22.0 Å². The van der Waals surface area contributed by atoms with Crippen LogP contribution in [0.3, 0.4) is 0 Å². The van der Waals surface area contributed by atoms with E-state index < -0.39 is 0 Å². The van der Waals surface area contributed by atoms with Gasteiger partial charge in [0.2, 0.25) is 5.91 Å².